The third-order valence-corrected chi connectivity index (χ3v) is 4.68. The molecule has 0 bridgehead atoms. The molecule has 1 aromatic rings. The van der Waals surface area contributed by atoms with E-state index in [1.807, 2.05) is 0 Å². The predicted molar refractivity (Wildman–Crippen MR) is 99.1 cm³/mol. The quantitative estimate of drug-likeness (QED) is 0.428. The minimum Gasteiger partial charge on any atom is -0.464 e. The van der Waals surface area contributed by atoms with E-state index in [2.05, 4.69) is 5.32 Å². The fourth-order valence-corrected chi connectivity index (χ4v) is 2.60. The van der Waals surface area contributed by atoms with Crippen molar-refractivity contribution in [1.29, 1.82) is 0 Å². The number of anilines is 1. The van der Waals surface area contributed by atoms with Crippen LogP contribution in [-0.4, -0.2) is 45.9 Å². The van der Waals surface area contributed by atoms with Crippen molar-refractivity contribution in [1.82, 2.24) is 0 Å². The summed E-state index contributed by atoms with van der Waals surface area (Å²) in [4.78, 5) is 35.5. The van der Waals surface area contributed by atoms with E-state index >= 15 is 0 Å². The highest BCUT2D eigenvalue weighted by molar-refractivity contribution is 7.72. The molecular weight excluding hydrogens is 374 g/mol. The van der Waals surface area contributed by atoms with Crippen molar-refractivity contribution >= 4 is 34.1 Å². The zero-order valence-corrected chi connectivity index (χ0v) is 16.5. The Morgan fingerprint density at radius 3 is 2.26 bits per heavy atom. The Morgan fingerprint density at radius 1 is 1.11 bits per heavy atom. The van der Waals surface area contributed by atoms with Crippen LogP contribution < -0.4 is 5.32 Å². The lowest BCUT2D eigenvalue weighted by Crippen LogP contribution is -2.27. The first-order valence-electron chi connectivity index (χ1n) is 8.48. The van der Waals surface area contributed by atoms with Gasteiger partial charge in [-0.25, -0.2) is 13.2 Å². The normalized spacial score (nSPS) is 13.0. The van der Waals surface area contributed by atoms with Gasteiger partial charge in [-0.1, -0.05) is 0 Å². The number of thiol groups is 1. The van der Waals surface area contributed by atoms with Crippen molar-refractivity contribution < 1.29 is 32.3 Å². The third kappa shape index (κ3) is 8.31. The minimum atomic E-state index is -2.68. The highest BCUT2D eigenvalue weighted by Gasteiger charge is 2.21. The smallest absolute Gasteiger partial charge is 0.334 e. The van der Waals surface area contributed by atoms with Gasteiger partial charge in [0.1, 0.15) is 5.78 Å². The van der Waals surface area contributed by atoms with Gasteiger partial charge in [0, 0.05) is 25.1 Å². The maximum atomic E-state index is 12.5. The molecular formula is C18H25NO7S. The van der Waals surface area contributed by atoms with Gasteiger partial charge in [-0.15, -0.1) is 0 Å². The van der Waals surface area contributed by atoms with E-state index in [-0.39, 0.29) is 36.0 Å². The molecule has 0 saturated heterocycles. The van der Waals surface area contributed by atoms with Gasteiger partial charge in [0.2, 0.25) is 5.91 Å². The number of nitrogens with one attached hydrogen (secondary N) is 1. The van der Waals surface area contributed by atoms with Crippen molar-refractivity contribution in [2.45, 2.75) is 44.1 Å². The number of carbonyl (C=O) groups is 3. The van der Waals surface area contributed by atoms with E-state index in [1.165, 1.54) is 38.3 Å². The van der Waals surface area contributed by atoms with Gasteiger partial charge in [0.05, 0.1) is 11.5 Å². The fraction of sp³-hybridized carbons (Fsp3) is 0.500. The summed E-state index contributed by atoms with van der Waals surface area (Å²) < 4.78 is 31.7. The van der Waals surface area contributed by atoms with Gasteiger partial charge >= 0.3 is 5.97 Å². The average molecular weight is 399 g/mol. The van der Waals surface area contributed by atoms with E-state index in [4.69, 9.17) is 9.47 Å². The van der Waals surface area contributed by atoms with E-state index in [1.54, 1.807) is 6.92 Å². The first kappa shape index (κ1) is 22.8. The summed E-state index contributed by atoms with van der Waals surface area (Å²) in [7, 11) is -1.29. The molecule has 1 rings (SSSR count). The van der Waals surface area contributed by atoms with E-state index in [9.17, 15) is 22.8 Å². The lowest BCUT2D eigenvalue weighted by Gasteiger charge is -2.17. The lowest BCUT2D eigenvalue weighted by molar-refractivity contribution is -0.155. The molecule has 0 radical (unpaired) electrons. The van der Waals surface area contributed by atoms with Gasteiger partial charge in [0.15, 0.2) is 16.8 Å². The van der Waals surface area contributed by atoms with Crippen molar-refractivity contribution in [3.63, 3.8) is 0 Å². The zero-order valence-electron chi connectivity index (χ0n) is 15.6. The summed E-state index contributed by atoms with van der Waals surface area (Å²) in [5.41, 5.74) is 0.443. The van der Waals surface area contributed by atoms with Crippen molar-refractivity contribution in [3.8, 4) is 0 Å². The summed E-state index contributed by atoms with van der Waals surface area (Å²) in [6.45, 7) is 3.03. The first-order valence-corrected chi connectivity index (χ1v) is 9.66. The number of rotatable bonds is 11. The maximum Gasteiger partial charge on any atom is 0.334 e. The zero-order chi connectivity index (χ0) is 20.4. The maximum absolute atomic E-state index is 12.5. The second-order valence-corrected chi connectivity index (χ2v) is 7.10. The Bertz CT molecular complexity index is 720. The Balaban J connectivity index is 2.69. The van der Waals surface area contributed by atoms with Gasteiger partial charge < -0.3 is 19.6 Å². The number of methoxy groups -OCH3 is 1. The summed E-state index contributed by atoms with van der Waals surface area (Å²) in [6.07, 6.45) is 0.117. The standard InChI is InChI=1S/C18H25NO7S/c1-12(20)4-5-14(10-11-26-18(22)13(2)25-3)17(21)19-15-6-8-16(9-7-15)27(23)24/h6-9,13-14,27H,4-5,10-11H2,1-3H3,(H,19,21). The SMILES string of the molecule is COC(C)C(=O)OCCC(CCC(C)=O)C(=O)Nc1ccc([SH](=O)=O)cc1. The molecule has 0 aliphatic carbocycles. The summed E-state index contributed by atoms with van der Waals surface area (Å²) in [5, 5.41) is 2.69. The van der Waals surface area contributed by atoms with E-state index in [0.29, 0.717) is 12.1 Å². The molecule has 0 aliphatic rings. The Hall–Kier alpha value is -2.26. The number of Topliss-reactive ketones (excluding diaryl/α,β-unsaturated/α-hetero) is 1. The van der Waals surface area contributed by atoms with Crippen molar-refractivity contribution in [2.75, 3.05) is 19.0 Å². The first-order chi connectivity index (χ1) is 12.7. The third-order valence-electron chi connectivity index (χ3n) is 3.96. The van der Waals surface area contributed by atoms with Crippen LogP contribution in [0.1, 0.15) is 33.1 Å². The molecule has 2 atom stereocenters. The van der Waals surface area contributed by atoms with Gasteiger partial charge in [0.25, 0.3) is 0 Å². The highest BCUT2D eigenvalue weighted by Crippen LogP contribution is 2.17. The number of ketones is 1. The molecule has 1 N–H and O–H groups in total. The van der Waals surface area contributed by atoms with Crippen LogP contribution in [0.3, 0.4) is 0 Å². The number of ether oxygens (including phenoxy) is 2. The number of benzene rings is 1. The van der Waals surface area contributed by atoms with Crippen molar-refractivity contribution in [2.24, 2.45) is 5.92 Å². The molecule has 0 heterocycles. The molecule has 2 unspecified atom stereocenters. The predicted octanol–water partition coefficient (Wildman–Crippen LogP) is 1.55. The summed E-state index contributed by atoms with van der Waals surface area (Å²) >= 11 is 0. The van der Waals surface area contributed by atoms with Crippen LogP contribution in [0.4, 0.5) is 5.69 Å². The molecule has 0 aromatic heterocycles. The van der Waals surface area contributed by atoms with Crippen LogP contribution in [0.2, 0.25) is 0 Å². The van der Waals surface area contributed by atoms with Crippen LogP contribution in [0.25, 0.3) is 0 Å². The van der Waals surface area contributed by atoms with Crippen LogP contribution in [0, 0.1) is 5.92 Å². The molecule has 0 fully saturated rings. The topological polar surface area (TPSA) is 116 Å². The minimum absolute atomic E-state index is 0.0259. The average Bonchev–Trinajstić information content (AvgIpc) is 2.63. The van der Waals surface area contributed by atoms with E-state index in [0.717, 1.165) is 0 Å². The summed E-state index contributed by atoms with van der Waals surface area (Å²) in [6, 6.07) is 5.75. The van der Waals surface area contributed by atoms with Crippen molar-refractivity contribution in [3.05, 3.63) is 24.3 Å². The Kier molecular flexibility index (Phi) is 9.66. The molecule has 0 aliphatic heterocycles. The van der Waals surface area contributed by atoms with Gasteiger partial charge in [-0.05, 0) is 51.0 Å². The fourth-order valence-electron chi connectivity index (χ4n) is 2.21. The summed E-state index contributed by atoms with van der Waals surface area (Å²) in [5.74, 6) is -1.42. The molecule has 9 heteroatoms. The Morgan fingerprint density at radius 2 is 1.74 bits per heavy atom. The van der Waals surface area contributed by atoms with Gasteiger partial charge in [-0.2, -0.15) is 0 Å². The van der Waals surface area contributed by atoms with Gasteiger partial charge in [-0.3, -0.25) is 4.79 Å². The largest absolute Gasteiger partial charge is 0.464 e. The van der Waals surface area contributed by atoms with Crippen LogP contribution in [-0.2, 0) is 34.6 Å². The number of hydrogen-bond donors (Lipinski definition) is 2. The molecule has 27 heavy (non-hydrogen) atoms. The number of hydrogen-bond acceptors (Lipinski definition) is 7. The molecule has 0 spiro atoms. The molecule has 150 valence electrons. The lowest BCUT2D eigenvalue weighted by atomic mass is 9.97. The molecule has 1 aromatic carbocycles. The second-order valence-electron chi connectivity index (χ2n) is 6.06. The number of esters is 1. The molecule has 1 amide bonds. The molecule has 0 saturated carbocycles. The Labute approximate surface area is 160 Å². The number of carbonyl (C=O) groups excluding carboxylic acids is 3. The van der Waals surface area contributed by atoms with E-state index < -0.39 is 28.7 Å². The molecule has 8 nitrogen and oxygen atoms in total. The highest BCUT2D eigenvalue weighted by atomic mass is 32.2. The number of amides is 1. The van der Waals surface area contributed by atoms with Crippen LogP contribution in [0.5, 0.6) is 0 Å². The monoisotopic (exact) mass is 399 g/mol. The van der Waals surface area contributed by atoms with Crippen LogP contribution in [0.15, 0.2) is 29.2 Å². The second kappa shape index (κ2) is 11.5. The van der Waals surface area contributed by atoms with Crippen LogP contribution >= 0.6 is 0 Å².